The lowest BCUT2D eigenvalue weighted by atomic mass is 10.00. The van der Waals surface area contributed by atoms with Crippen LogP contribution in [0.5, 0.6) is 0 Å². The summed E-state index contributed by atoms with van der Waals surface area (Å²) in [5, 5.41) is 24.9. The van der Waals surface area contributed by atoms with Crippen LogP contribution < -0.4 is 16.4 Å². The third-order valence-electron chi connectivity index (χ3n) is 6.31. The third kappa shape index (κ3) is 5.98. The first-order valence-corrected chi connectivity index (χ1v) is 11.7. The van der Waals surface area contributed by atoms with Crippen molar-refractivity contribution in [2.45, 2.75) is 57.3 Å². The number of para-hydroxylation sites is 1. The standard InChI is InChI=1S/C24H33N5O6/c1-13(2)20(28-21(31)16(25)12-30)22(32)27-18(23(33)29-9-5-8-19(29)24(34)35)10-14-11-26-17-7-4-3-6-15(14)17/h3-4,6-7,11,13,16,18-20,26,30H,5,8-10,12,25H2,1-2H3,(H,27,32)(H,28,31)(H,34,35). The van der Waals surface area contributed by atoms with E-state index in [0.717, 1.165) is 16.5 Å². The van der Waals surface area contributed by atoms with E-state index in [-0.39, 0.29) is 18.9 Å². The van der Waals surface area contributed by atoms with Crippen LogP contribution in [0.4, 0.5) is 0 Å². The Bertz CT molecular complexity index is 1080. The summed E-state index contributed by atoms with van der Waals surface area (Å²) in [6.07, 6.45) is 2.79. The number of aliphatic carboxylic acids is 1. The van der Waals surface area contributed by atoms with Gasteiger partial charge in [0.05, 0.1) is 6.61 Å². The first-order chi connectivity index (χ1) is 16.6. The number of aromatic amines is 1. The van der Waals surface area contributed by atoms with Gasteiger partial charge in [0.25, 0.3) is 0 Å². The van der Waals surface area contributed by atoms with Gasteiger partial charge in [-0.25, -0.2) is 4.79 Å². The Morgan fingerprint density at radius 3 is 2.54 bits per heavy atom. The summed E-state index contributed by atoms with van der Waals surface area (Å²) in [5.41, 5.74) is 7.23. The number of H-pyrrole nitrogens is 1. The molecule has 2 heterocycles. The topological polar surface area (TPSA) is 178 Å². The minimum atomic E-state index is -1.19. The Labute approximate surface area is 203 Å². The van der Waals surface area contributed by atoms with Crippen LogP contribution in [0, 0.1) is 5.92 Å². The molecule has 7 N–H and O–H groups in total. The van der Waals surface area contributed by atoms with Crippen molar-refractivity contribution >= 4 is 34.6 Å². The van der Waals surface area contributed by atoms with E-state index in [4.69, 9.17) is 10.8 Å². The van der Waals surface area contributed by atoms with Crippen LogP contribution in [0.15, 0.2) is 30.5 Å². The van der Waals surface area contributed by atoms with E-state index in [1.807, 2.05) is 24.3 Å². The predicted octanol–water partition coefficient (Wildman–Crippen LogP) is -0.269. The maximum absolute atomic E-state index is 13.5. The number of rotatable bonds is 10. The lowest BCUT2D eigenvalue weighted by molar-refractivity contribution is -0.149. The second-order valence-electron chi connectivity index (χ2n) is 9.17. The molecule has 2 aromatic rings. The number of aliphatic hydroxyl groups is 1. The van der Waals surface area contributed by atoms with Crippen molar-refractivity contribution in [1.29, 1.82) is 0 Å². The molecule has 0 aliphatic carbocycles. The van der Waals surface area contributed by atoms with Gasteiger partial charge in [0.2, 0.25) is 17.7 Å². The van der Waals surface area contributed by atoms with Crippen molar-refractivity contribution in [2.75, 3.05) is 13.2 Å². The van der Waals surface area contributed by atoms with E-state index >= 15 is 0 Å². The van der Waals surface area contributed by atoms with Gasteiger partial charge in [0, 0.05) is 30.1 Å². The maximum Gasteiger partial charge on any atom is 0.326 e. The summed E-state index contributed by atoms with van der Waals surface area (Å²) >= 11 is 0. The first-order valence-electron chi connectivity index (χ1n) is 11.7. The number of carboxylic acid groups (broad SMARTS) is 1. The van der Waals surface area contributed by atoms with Crippen molar-refractivity contribution < 1.29 is 29.4 Å². The van der Waals surface area contributed by atoms with Gasteiger partial charge in [0.1, 0.15) is 24.2 Å². The number of hydrogen-bond acceptors (Lipinski definition) is 6. The lowest BCUT2D eigenvalue weighted by Gasteiger charge is -2.30. The molecule has 0 spiro atoms. The van der Waals surface area contributed by atoms with Crippen LogP contribution >= 0.6 is 0 Å². The molecule has 1 aromatic carbocycles. The molecule has 4 atom stereocenters. The van der Waals surface area contributed by atoms with Crippen molar-refractivity contribution in [2.24, 2.45) is 11.7 Å². The number of carbonyl (C=O) groups excluding carboxylic acids is 3. The Morgan fingerprint density at radius 1 is 1.17 bits per heavy atom. The minimum Gasteiger partial charge on any atom is -0.480 e. The first kappa shape index (κ1) is 26.2. The van der Waals surface area contributed by atoms with Gasteiger partial charge in [-0.3, -0.25) is 14.4 Å². The van der Waals surface area contributed by atoms with Crippen LogP contribution in [-0.2, 0) is 25.6 Å². The molecule has 3 rings (SSSR count). The summed E-state index contributed by atoms with van der Waals surface area (Å²) in [7, 11) is 0. The molecule has 1 aromatic heterocycles. The fourth-order valence-corrected chi connectivity index (χ4v) is 4.35. The Morgan fingerprint density at radius 2 is 1.89 bits per heavy atom. The highest BCUT2D eigenvalue weighted by atomic mass is 16.4. The van der Waals surface area contributed by atoms with Crippen molar-refractivity contribution in [3.8, 4) is 0 Å². The summed E-state index contributed by atoms with van der Waals surface area (Å²) in [5.74, 6) is -3.20. The number of amides is 3. The van der Waals surface area contributed by atoms with E-state index in [9.17, 15) is 24.3 Å². The number of aliphatic hydroxyl groups excluding tert-OH is 1. The quantitative estimate of drug-likeness (QED) is 0.267. The molecule has 1 fully saturated rings. The number of benzene rings is 1. The van der Waals surface area contributed by atoms with Gasteiger partial charge >= 0.3 is 5.97 Å². The second-order valence-corrected chi connectivity index (χ2v) is 9.17. The minimum absolute atomic E-state index is 0.131. The molecule has 0 saturated carbocycles. The Hall–Kier alpha value is -3.44. The zero-order valence-corrected chi connectivity index (χ0v) is 19.9. The van der Waals surface area contributed by atoms with Gasteiger partial charge in [-0.2, -0.15) is 0 Å². The van der Waals surface area contributed by atoms with E-state index in [1.54, 1.807) is 20.0 Å². The largest absolute Gasteiger partial charge is 0.480 e. The van der Waals surface area contributed by atoms with Crippen LogP contribution in [0.3, 0.4) is 0 Å². The summed E-state index contributed by atoms with van der Waals surface area (Å²) in [6.45, 7) is 3.16. The molecule has 11 heteroatoms. The average Bonchev–Trinajstić information content (AvgIpc) is 3.48. The van der Waals surface area contributed by atoms with Crippen LogP contribution in [0.25, 0.3) is 10.9 Å². The molecule has 11 nitrogen and oxygen atoms in total. The number of fused-ring (bicyclic) bond motifs is 1. The number of hydrogen-bond donors (Lipinski definition) is 6. The highest BCUT2D eigenvalue weighted by molar-refractivity contribution is 5.95. The molecule has 0 bridgehead atoms. The summed E-state index contributed by atoms with van der Waals surface area (Å²) in [4.78, 5) is 55.1. The maximum atomic E-state index is 13.5. The third-order valence-corrected chi connectivity index (χ3v) is 6.31. The van der Waals surface area contributed by atoms with Gasteiger partial charge in [0.15, 0.2) is 0 Å². The molecule has 0 radical (unpaired) electrons. The molecule has 1 aliphatic heterocycles. The number of nitrogens with one attached hydrogen (secondary N) is 3. The smallest absolute Gasteiger partial charge is 0.326 e. The van der Waals surface area contributed by atoms with Gasteiger partial charge in [-0.05, 0) is 30.4 Å². The van der Waals surface area contributed by atoms with Crippen LogP contribution in [0.2, 0.25) is 0 Å². The summed E-state index contributed by atoms with van der Waals surface area (Å²) < 4.78 is 0. The monoisotopic (exact) mass is 487 g/mol. The highest BCUT2D eigenvalue weighted by Crippen LogP contribution is 2.23. The zero-order valence-electron chi connectivity index (χ0n) is 19.9. The fraction of sp³-hybridized carbons (Fsp3) is 0.500. The Balaban J connectivity index is 1.88. The number of nitrogens with two attached hydrogens (primary N) is 1. The molecular weight excluding hydrogens is 454 g/mol. The number of likely N-dealkylation sites (tertiary alicyclic amines) is 1. The summed E-state index contributed by atoms with van der Waals surface area (Å²) in [6, 6.07) is 3.34. The molecule has 1 saturated heterocycles. The molecule has 1 aliphatic rings. The number of aromatic nitrogens is 1. The van der Waals surface area contributed by atoms with Crippen molar-refractivity contribution in [3.63, 3.8) is 0 Å². The number of nitrogens with zero attached hydrogens (tertiary/aromatic N) is 1. The van der Waals surface area contributed by atoms with E-state index in [1.165, 1.54) is 4.90 Å². The molecule has 4 unspecified atom stereocenters. The molecule has 35 heavy (non-hydrogen) atoms. The van der Waals surface area contributed by atoms with Gasteiger partial charge in [-0.15, -0.1) is 0 Å². The molecule has 3 amide bonds. The average molecular weight is 488 g/mol. The normalized spacial score (nSPS) is 18.3. The van der Waals surface area contributed by atoms with E-state index < -0.39 is 54.5 Å². The Kier molecular flexibility index (Phi) is 8.47. The van der Waals surface area contributed by atoms with Crippen LogP contribution in [0.1, 0.15) is 32.3 Å². The van der Waals surface area contributed by atoms with Crippen molar-refractivity contribution in [1.82, 2.24) is 20.5 Å². The molecule has 190 valence electrons. The SMILES string of the molecule is CC(C)C(NC(=O)C(N)CO)C(=O)NC(Cc1c[nH]c2ccccc12)C(=O)N1CCCC1C(=O)O. The van der Waals surface area contributed by atoms with E-state index in [0.29, 0.717) is 12.8 Å². The molecular formula is C24H33N5O6. The lowest BCUT2D eigenvalue weighted by Crippen LogP contribution is -2.59. The van der Waals surface area contributed by atoms with E-state index in [2.05, 4.69) is 15.6 Å². The van der Waals surface area contributed by atoms with Crippen LogP contribution in [-0.4, -0.2) is 81.1 Å². The second kappa shape index (κ2) is 11.3. The highest BCUT2D eigenvalue weighted by Gasteiger charge is 2.39. The fourth-order valence-electron chi connectivity index (χ4n) is 4.35. The zero-order chi connectivity index (χ0) is 25.7. The number of carboxylic acids is 1. The van der Waals surface area contributed by atoms with Gasteiger partial charge < -0.3 is 36.5 Å². The predicted molar refractivity (Wildman–Crippen MR) is 128 cm³/mol. The van der Waals surface area contributed by atoms with Gasteiger partial charge in [-0.1, -0.05) is 32.0 Å². The number of carbonyl (C=O) groups is 4. The van der Waals surface area contributed by atoms with Crippen molar-refractivity contribution in [3.05, 3.63) is 36.0 Å².